The molecule has 1 fully saturated rings. The summed E-state index contributed by atoms with van der Waals surface area (Å²) < 4.78 is 0. The first kappa shape index (κ1) is 14.3. The van der Waals surface area contributed by atoms with Crippen molar-refractivity contribution in [2.75, 3.05) is 5.32 Å². The van der Waals surface area contributed by atoms with E-state index >= 15 is 0 Å². The Morgan fingerprint density at radius 2 is 2.15 bits per heavy atom. The molecule has 1 N–H and O–H groups in total. The van der Waals surface area contributed by atoms with E-state index in [1.54, 1.807) is 12.1 Å². The molecule has 1 aromatic rings. The predicted molar refractivity (Wildman–Crippen MR) is 77.5 cm³/mol. The lowest BCUT2D eigenvalue weighted by molar-refractivity contribution is -0.385. The minimum absolute atomic E-state index is 0.113. The second-order valence-electron chi connectivity index (χ2n) is 5.56. The van der Waals surface area contributed by atoms with E-state index in [0.29, 0.717) is 6.04 Å². The zero-order chi connectivity index (χ0) is 14.5. The molecule has 2 unspecified atom stereocenters. The summed E-state index contributed by atoms with van der Waals surface area (Å²) in [5.74, 6) is 0.772. The maximum absolute atomic E-state index is 10.8. The van der Waals surface area contributed by atoms with Gasteiger partial charge >= 0.3 is 0 Å². The molecular weight excluding hydrogens is 254 g/mol. The number of hydrogen-bond donors (Lipinski definition) is 1. The largest absolute Gasteiger partial charge is 0.382 e. The highest BCUT2D eigenvalue weighted by Gasteiger charge is 2.18. The third-order valence-corrected chi connectivity index (χ3v) is 3.94. The van der Waals surface area contributed by atoms with Crippen LogP contribution in [0.5, 0.6) is 0 Å². The normalized spacial score (nSPS) is 22.6. The Kier molecular flexibility index (Phi) is 4.57. The molecule has 2 atom stereocenters. The van der Waals surface area contributed by atoms with Crippen LogP contribution in [0.4, 0.5) is 11.4 Å². The van der Waals surface area contributed by atoms with Crippen LogP contribution in [-0.4, -0.2) is 11.0 Å². The summed E-state index contributed by atoms with van der Waals surface area (Å²) in [4.78, 5) is 10.3. The summed E-state index contributed by atoms with van der Waals surface area (Å²) in [5, 5.41) is 23.2. The van der Waals surface area contributed by atoms with Gasteiger partial charge in [-0.1, -0.05) is 19.8 Å². The van der Waals surface area contributed by atoms with Crippen LogP contribution in [0, 0.1) is 27.4 Å². The molecule has 5 nitrogen and oxygen atoms in total. The van der Waals surface area contributed by atoms with Gasteiger partial charge in [0.2, 0.25) is 0 Å². The zero-order valence-electron chi connectivity index (χ0n) is 11.6. The zero-order valence-corrected chi connectivity index (χ0v) is 11.6. The number of nitrogens with one attached hydrogen (secondary N) is 1. The van der Waals surface area contributed by atoms with Crippen molar-refractivity contribution >= 4 is 11.4 Å². The van der Waals surface area contributed by atoms with Crippen molar-refractivity contribution in [1.82, 2.24) is 0 Å². The van der Waals surface area contributed by atoms with Gasteiger partial charge in [0.25, 0.3) is 5.69 Å². The summed E-state index contributed by atoms with van der Waals surface area (Å²) in [6.45, 7) is 2.28. The van der Waals surface area contributed by atoms with Gasteiger partial charge in [-0.3, -0.25) is 10.1 Å². The monoisotopic (exact) mass is 273 g/mol. The molecule has 0 saturated heterocycles. The van der Waals surface area contributed by atoms with Crippen LogP contribution in [0.1, 0.15) is 44.6 Å². The average Bonchev–Trinajstić information content (AvgIpc) is 2.63. The van der Waals surface area contributed by atoms with Crippen LogP contribution < -0.4 is 5.32 Å². The molecule has 5 heteroatoms. The van der Waals surface area contributed by atoms with Gasteiger partial charge in [-0.05, 0) is 37.3 Å². The van der Waals surface area contributed by atoms with Gasteiger partial charge in [0.05, 0.1) is 4.92 Å². The van der Waals surface area contributed by atoms with Gasteiger partial charge in [0.1, 0.15) is 11.6 Å². The second-order valence-corrected chi connectivity index (χ2v) is 5.56. The van der Waals surface area contributed by atoms with Crippen LogP contribution in [0.3, 0.4) is 0 Å². The Morgan fingerprint density at radius 1 is 1.35 bits per heavy atom. The summed E-state index contributed by atoms with van der Waals surface area (Å²) in [7, 11) is 0. The van der Waals surface area contributed by atoms with E-state index in [0.717, 1.165) is 24.4 Å². The fourth-order valence-corrected chi connectivity index (χ4v) is 2.74. The highest BCUT2D eigenvalue weighted by Crippen LogP contribution is 2.27. The number of benzene rings is 1. The van der Waals surface area contributed by atoms with Crippen LogP contribution in [0.2, 0.25) is 0 Å². The van der Waals surface area contributed by atoms with E-state index < -0.39 is 4.92 Å². The minimum Gasteiger partial charge on any atom is -0.382 e. The van der Waals surface area contributed by atoms with E-state index in [4.69, 9.17) is 5.26 Å². The van der Waals surface area contributed by atoms with E-state index in [1.165, 1.54) is 25.3 Å². The SMILES string of the molecule is CC1CCCC(Nc2ccc([N+](=O)[O-])c(C#N)c2)CC1. The molecular formula is C15H19N3O2. The van der Waals surface area contributed by atoms with Crippen molar-refractivity contribution in [3.8, 4) is 6.07 Å². The third-order valence-electron chi connectivity index (χ3n) is 3.94. The third kappa shape index (κ3) is 3.47. The van der Waals surface area contributed by atoms with Crippen molar-refractivity contribution in [1.29, 1.82) is 5.26 Å². The molecule has 106 valence electrons. The van der Waals surface area contributed by atoms with Crippen molar-refractivity contribution in [3.63, 3.8) is 0 Å². The van der Waals surface area contributed by atoms with Crippen molar-refractivity contribution in [2.24, 2.45) is 5.92 Å². The van der Waals surface area contributed by atoms with Gasteiger partial charge in [-0.2, -0.15) is 5.26 Å². The highest BCUT2D eigenvalue weighted by atomic mass is 16.6. The maximum atomic E-state index is 10.8. The molecule has 0 aliphatic heterocycles. The fourth-order valence-electron chi connectivity index (χ4n) is 2.74. The van der Waals surface area contributed by atoms with Crippen LogP contribution >= 0.6 is 0 Å². The van der Waals surface area contributed by atoms with E-state index in [9.17, 15) is 10.1 Å². The maximum Gasteiger partial charge on any atom is 0.287 e. The minimum atomic E-state index is -0.518. The lowest BCUT2D eigenvalue weighted by Crippen LogP contribution is -2.18. The molecule has 0 aromatic heterocycles. The summed E-state index contributed by atoms with van der Waals surface area (Å²) >= 11 is 0. The summed E-state index contributed by atoms with van der Waals surface area (Å²) in [5.41, 5.74) is 0.779. The number of nitro groups is 1. The molecule has 1 aliphatic carbocycles. The Bertz CT molecular complexity index is 536. The van der Waals surface area contributed by atoms with Gasteiger partial charge in [0, 0.05) is 17.8 Å². The smallest absolute Gasteiger partial charge is 0.287 e. The Hall–Kier alpha value is -2.09. The average molecular weight is 273 g/mol. The summed E-state index contributed by atoms with van der Waals surface area (Å²) in [6, 6.07) is 6.96. The predicted octanol–water partition coefficient (Wildman–Crippen LogP) is 3.85. The standard InChI is InChI=1S/C15H19N3O2/c1-11-3-2-4-13(6-5-11)17-14-7-8-15(18(19)20)12(9-14)10-16/h7-9,11,13,17H,2-6H2,1H3. The van der Waals surface area contributed by atoms with Crippen molar-refractivity contribution in [3.05, 3.63) is 33.9 Å². The molecule has 1 saturated carbocycles. The lowest BCUT2D eigenvalue weighted by Gasteiger charge is -2.17. The quantitative estimate of drug-likeness (QED) is 0.515. The first-order valence-corrected chi connectivity index (χ1v) is 7.05. The highest BCUT2D eigenvalue weighted by molar-refractivity contribution is 5.58. The van der Waals surface area contributed by atoms with Gasteiger partial charge in [-0.15, -0.1) is 0 Å². The number of hydrogen-bond acceptors (Lipinski definition) is 4. The van der Waals surface area contributed by atoms with Crippen LogP contribution in [0.25, 0.3) is 0 Å². The molecule has 2 rings (SSSR count). The molecule has 0 heterocycles. The van der Waals surface area contributed by atoms with E-state index in [2.05, 4.69) is 12.2 Å². The van der Waals surface area contributed by atoms with Gasteiger partial charge < -0.3 is 5.32 Å². The fraction of sp³-hybridized carbons (Fsp3) is 0.533. The molecule has 0 bridgehead atoms. The van der Waals surface area contributed by atoms with Crippen molar-refractivity contribution in [2.45, 2.75) is 45.1 Å². The Labute approximate surface area is 118 Å². The van der Waals surface area contributed by atoms with Gasteiger partial charge in [0.15, 0.2) is 0 Å². The number of nitro benzene ring substituents is 1. The van der Waals surface area contributed by atoms with Crippen molar-refractivity contribution < 1.29 is 4.92 Å². The van der Waals surface area contributed by atoms with Gasteiger partial charge in [-0.25, -0.2) is 0 Å². The Balaban J connectivity index is 2.10. The van der Waals surface area contributed by atoms with E-state index in [1.807, 2.05) is 6.07 Å². The second kappa shape index (κ2) is 6.38. The number of nitriles is 1. The lowest BCUT2D eigenvalue weighted by atomic mass is 10.0. The molecule has 1 aliphatic rings. The molecule has 20 heavy (non-hydrogen) atoms. The summed E-state index contributed by atoms with van der Waals surface area (Å²) in [6.07, 6.45) is 5.90. The number of nitrogens with zero attached hydrogens (tertiary/aromatic N) is 2. The molecule has 1 aromatic carbocycles. The number of anilines is 1. The molecule has 0 radical (unpaired) electrons. The van der Waals surface area contributed by atoms with Crippen LogP contribution in [-0.2, 0) is 0 Å². The first-order valence-electron chi connectivity index (χ1n) is 7.05. The van der Waals surface area contributed by atoms with Crippen LogP contribution in [0.15, 0.2) is 18.2 Å². The topological polar surface area (TPSA) is 79.0 Å². The Morgan fingerprint density at radius 3 is 2.85 bits per heavy atom. The molecule has 0 spiro atoms. The number of rotatable bonds is 3. The van der Waals surface area contributed by atoms with E-state index in [-0.39, 0.29) is 11.3 Å². The first-order chi connectivity index (χ1) is 9.60. The molecule has 0 amide bonds.